The maximum atomic E-state index is 14.5. The van der Waals surface area contributed by atoms with Gasteiger partial charge in [-0.25, -0.2) is 4.39 Å². The molecule has 0 unspecified atom stereocenters. The van der Waals surface area contributed by atoms with E-state index in [1.165, 1.54) is 81.6 Å². The van der Waals surface area contributed by atoms with Gasteiger partial charge in [-0.3, -0.25) is 0 Å². The quantitative estimate of drug-likeness (QED) is 0.325. The van der Waals surface area contributed by atoms with Crippen LogP contribution < -0.4 is 4.74 Å². The van der Waals surface area contributed by atoms with Crippen molar-refractivity contribution < 1.29 is 13.5 Å². The summed E-state index contributed by atoms with van der Waals surface area (Å²) < 4.78 is 33.9. The molecule has 2 aromatic rings. The molecule has 0 aromatic heterocycles. The maximum absolute atomic E-state index is 14.5. The number of hydrogen-bond acceptors (Lipinski definition) is 1. The van der Waals surface area contributed by atoms with E-state index >= 15 is 0 Å². The molecule has 0 bridgehead atoms. The Hall–Kier alpha value is -2.16. The molecule has 0 aliphatic heterocycles. The van der Waals surface area contributed by atoms with Crippen LogP contribution in [0.4, 0.5) is 8.78 Å². The molecule has 1 nitrogen and oxygen atoms in total. The number of benzene rings is 2. The molecule has 0 heterocycles. The lowest BCUT2D eigenvalue weighted by Gasteiger charge is -2.38. The Morgan fingerprint density at radius 1 is 0.800 bits per heavy atom. The molecule has 2 fully saturated rings. The van der Waals surface area contributed by atoms with Gasteiger partial charge >= 0.3 is 0 Å². The van der Waals surface area contributed by atoms with Crippen molar-refractivity contribution in [1.82, 2.24) is 0 Å². The maximum Gasteiger partial charge on any atom is 0.201 e. The second-order valence-electron chi connectivity index (χ2n) is 10.9. The molecule has 2 aromatic carbocycles. The minimum absolute atomic E-state index is 0.0481. The monoisotopic (exact) mass is 480 g/mol. The van der Waals surface area contributed by atoms with Crippen molar-refractivity contribution in [3.8, 4) is 5.75 Å². The van der Waals surface area contributed by atoms with Crippen molar-refractivity contribution in [2.45, 2.75) is 96.8 Å². The zero-order valence-electron chi connectivity index (χ0n) is 21.6. The third-order valence-electron chi connectivity index (χ3n) is 8.60. The molecule has 3 heteroatoms. The molecule has 0 atom stereocenters. The number of allylic oxidation sites excluding steroid dienone is 1. The van der Waals surface area contributed by atoms with E-state index in [-0.39, 0.29) is 5.75 Å². The Labute approximate surface area is 211 Å². The second kappa shape index (κ2) is 12.7. The fourth-order valence-corrected chi connectivity index (χ4v) is 6.47. The first-order valence-electron chi connectivity index (χ1n) is 13.9. The summed E-state index contributed by atoms with van der Waals surface area (Å²) in [5, 5.41) is 0. The summed E-state index contributed by atoms with van der Waals surface area (Å²) in [4.78, 5) is 0. The molecule has 35 heavy (non-hydrogen) atoms. The summed E-state index contributed by atoms with van der Waals surface area (Å²) in [6.45, 7) is 4.01. The lowest BCUT2D eigenvalue weighted by atomic mass is 9.68. The highest BCUT2D eigenvalue weighted by molar-refractivity contribution is 5.32. The third kappa shape index (κ3) is 6.74. The first kappa shape index (κ1) is 25.9. The van der Waals surface area contributed by atoms with Crippen LogP contribution >= 0.6 is 0 Å². The van der Waals surface area contributed by atoms with Crippen LogP contribution in [0.2, 0.25) is 0 Å². The predicted octanol–water partition coefficient (Wildman–Crippen LogP) is 9.54. The highest BCUT2D eigenvalue weighted by Crippen LogP contribution is 2.44. The van der Waals surface area contributed by atoms with Gasteiger partial charge in [0.25, 0.3) is 0 Å². The van der Waals surface area contributed by atoms with Gasteiger partial charge in [0.05, 0.1) is 6.26 Å². The number of ether oxygens (including phenoxy) is 1. The fourth-order valence-electron chi connectivity index (χ4n) is 6.47. The molecular formula is C32H42F2O. The Morgan fingerprint density at radius 2 is 1.46 bits per heavy atom. The summed E-state index contributed by atoms with van der Waals surface area (Å²) in [5.41, 5.74) is 3.47. The molecule has 2 aliphatic rings. The van der Waals surface area contributed by atoms with E-state index in [0.29, 0.717) is 17.9 Å². The minimum Gasteiger partial charge on any atom is -0.462 e. The Morgan fingerprint density at radius 3 is 2.09 bits per heavy atom. The SMILES string of the molecule is C/C=C/Oc1ccc(CCC2CCC(C3CCC(c4ccc(CCC)cc4)CC3)CC2)c(F)c1F. The lowest BCUT2D eigenvalue weighted by molar-refractivity contribution is 0.157. The van der Waals surface area contributed by atoms with E-state index in [1.54, 1.807) is 25.1 Å². The topological polar surface area (TPSA) is 9.23 Å². The van der Waals surface area contributed by atoms with Crippen molar-refractivity contribution >= 4 is 0 Å². The summed E-state index contributed by atoms with van der Waals surface area (Å²) in [7, 11) is 0. The van der Waals surface area contributed by atoms with Crippen LogP contribution in [0, 0.1) is 29.4 Å². The van der Waals surface area contributed by atoms with Gasteiger partial charge < -0.3 is 4.74 Å². The summed E-state index contributed by atoms with van der Waals surface area (Å²) in [6, 6.07) is 12.6. The van der Waals surface area contributed by atoms with Crippen LogP contribution in [0.3, 0.4) is 0 Å². The van der Waals surface area contributed by atoms with Gasteiger partial charge in [-0.1, -0.05) is 62.6 Å². The van der Waals surface area contributed by atoms with E-state index in [0.717, 1.165) is 24.2 Å². The largest absolute Gasteiger partial charge is 0.462 e. The first-order valence-corrected chi connectivity index (χ1v) is 13.9. The van der Waals surface area contributed by atoms with Crippen molar-refractivity contribution in [3.05, 3.63) is 77.1 Å². The lowest BCUT2D eigenvalue weighted by Crippen LogP contribution is -2.25. The summed E-state index contributed by atoms with van der Waals surface area (Å²) >= 11 is 0. The molecule has 0 spiro atoms. The predicted molar refractivity (Wildman–Crippen MR) is 141 cm³/mol. The fraction of sp³-hybridized carbons (Fsp3) is 0.562. The Kier molecular flexibility index (Phi) is 9.40. The highest BCUT2D eigenvalue weighted by Gasteiger charge is 2.31. The normalized spacial score (nSPS) is 25.1. The number of aryl methyl sites for hydroxylation is 2. The van der Waals surface area contributed by atoms with Crippen LogP contribution in [0.1, 0.15) is 101 Å². The average Bonchev–Trinajstić information content (AvgIpc) is 2.90. The van der Waals surface area contributed by atoms with Crippen molar-refractivity contribution in [3.63, 3.8) is 0 Å². The van der Waals surface area contributed by atoms with Gasteiger partial charge in [-0.15, -0.1) is 0 Å². The molecule has 2 aliphatic carbocycles. The zero-order valence-corrected chi connectivity index (χ0v) is 21.6. The van der Waals surface area contributed by atoms with Crippen LogP contribution in [0.25, 0.3) is 0 Å². The van der Waals surface area contributed by atoms with E-state index < -0.39 is 11.6 Å². The Bertz CT molecular complexity index is 948. The number of hydrogen-bond donors (Lipinski definition) is 0. The van der Waals surface area contributed by atoms with Gasteiger partial charge in [0.15, 0.2) is 11.6 Å². The highest BCUT2D eigenvalue weighted by atomic mass is 19.2. The minimum atomic E-state index is -0.878. The molecule has 190 valence electrons. The molecule has 0 radical (unpaired) electrons. The Balaban J connectivity index is 1.20. The van der Waals surface area contributed by atoms with Gasteiger partial charge in [0, 0.05) is 0 Å². The van der Waals surface area contributed by atoms with Gasteiger partial charge in [-0.2, -0.15) is 4.39 Å². The first-order chi connectivity index (χ1) is 17.1. The van der Waals surface area contributed by atoms with Crippen molar-refractivity contribution in [2.24, 2.45) is 17.8 Å². The summed E-state index contributed by atoms with van der Waals surface area (Å²) in [5.74, 6) is 1.43. The van der Waals surface area contributed by atoms with Crippen LogP contribution in [-0.2, 0) is 12.8 Å². The molecule has 0 N–H and O–H groups in total. The van der Waals surface area contributed by atoms with Gasteiger partial charge in [-0.05, 0) is 111 Å². The number of halogens is 2. The molecule has 0 amide bonds. The van der Waals surface area contributed by atoms with Crippen LogP contribution in [-0.4, -0.2) is 0 Å². The van der Waals surface area contributed by atoms with E-state index in [9.17, 15) is 8.78 Å². The third-order valence-corrected chi connectivity index (χ3v) is 8.60. The molecule has 2 saturated carbocycles. The molecule has 0 saturated heterocycles. The summed E-state index contributed by atoms with van der Waals surface area (Å²) in [6.07, 6.45) is 17.4. The van der Waals surface area contributed by atoms with Crippen molar-refractivity contribution in [1.29, 1.82) is 0 Å². The average molecular weight is 481 g/mol. The van der Waals surface area contributed by atoms with Gasteiger partial charge in [0.1, 0.15) is 0 Å². The molecular weight excluding hydrogens is 438 g/mol. The van der Waals surface area contributed by atoms with Crippen LogP contribution in [0.15, 0.2) is 48.7 Å². The smallest absolute Gasteiger partial charge is 0.201 e. The molecule has 4 rings (SSSR count). The zero-order chi connectivity index (χ0) is 24.6. The van der Waals surface area contributed by atoms with Crippen LogP contribution in [0.5, 0.6) is 5.75 Å². The standard InChI is InChI=1S/C32H42F2O/c1-3-5-23-6-11-25(12-7-23)27-16-18-28(19-17-27)26-13-8-24(9-14-26)10-15-29-20-21-30(35-22-4-2)32(34)31(29)33/h4,6-7,11-12,20-22,24,26-28H,3,5,8-10,13-19H2,1-2H3/b22-4+. The van der Waals surface area contributed by atoms with Gasteiger partial charge in [0.2, 0.25) is 5.82 Å². The van der Waals surface area contributed by atoms with E-state index in [4.69, 9.17) is 4.74 Å². The van der Waals surface area contributed by atoms with E-state index in [2.05, 4.69) is 31.2 Å². The van der Waals surface area contributed by atoms with Crippen molar-refractivity contribution in [2.75, 3.05) is 0 Å². The second-order valence-corrected chi connectivity index (χ2v) is 10.9. The van der Waals surface area contributed by atoms with E-state index in [1.807, 2.05) is 0 Å². The number of rotatable bonds is 9.